The SMILES string of the molecule is CCOc1nc(N2CCN(C(=O)OC)CC2)ccc1C(=O)NC[C@@H](O)CCc1ccc(O)cc1CN. The number of methoxy groups -OCH3 is 1. The molecule has 0 spiro atoms. The molecule has 1 aliphatic heterocycles. The maximum absolute atomic E-state index is 12.8. The summed E-state index contributed by atoms with van der Waals surface area (Å²) >= 11 is 0. The monoisotopic (exact) mass is 501 g/mol. The van der Waals surface area contributed by atoms with Crippen molar-refractivity contribution in [3.05, 3.63) is 47.0 Å². The van der Waals surface area contributed by atoms with Crippen LogP contribution < -0.4 is 20.7 Å². The molecule has 196 valence electrons. The summed E-state index contributed by atoms with van der Waals surface area (Å²) in [5.74, 6) is 0.637. The molecule has 11 heteroatoms. The van der Waals surface area contributed by atoms with Gasteiger partial charge < -0.3 is 40.5 Å². The van der Waals surface area contributed by atoms with Crippen LogP contribution in [0.25, 0.3) is 0 Å². The third-order valence-corrected chi connectivity index (χ3v) is 6.06. The van der Waals surface area contributed by atoms with Crippen LogP contribution >= 0.6 is 0 Å². The van der Waals surface area contributed by atoms with E-state index in [1.54, 1.807) is 35.2 Å². The molecule has 0 unspecified atom stereocenters. The van der Waals surface area contributed by atoms with Gasteiger partial charge in [-0.25, -0.2) is 4.79 Å². The smallest absolute Gasteiger partial charge is 0.409 e. The normalized spacial score (nSPS) is 14.3. The van der Waals surface area contributed by atoms with Crippen LogP contribution in [0.5, 0.6) is 11.6 Å². The summed E-state index contributed by atoms with van der Waals surface area (Å²) in [5, 5.41) is 22.8. The highest BCUT2D eigenvalue weighted by Crippen LogP contribution is 2.23. The van der Waals surface area contributed by atoms with Crippen molar-refractivity contribution < 1.29 is 29.3 Å². The number of piperazine rings is 1. The van der Waals surface area contributed by atoms with Crippen molar-refractivity contribution in [3.63, 3.8) is 0 Å². The lowest BCUT2D eigenvalue weighted by atomic mass is 10.0. The molecule has 2 heterocycles. The van der Waals surface area contributed by atoms with Crippen molar-refractivity contribution in [2.75, 3.05) is 51.3 Å². The molecule has 3 rings (SSSR count). The third kappa shape index (κ3) is 6.98. The number of carbonyl (C=O) groups is 2. The van der Waals surface area contributed by atoms with Crippen molar-refractivity contribution in [2.24, 2.45) is 5.73 Å². The molecule has 0 radical (unpaired) electrons. The number of rotatable bonds is 10. The van der Waals surface area contributed by atoms with Crippen LogP contribution in [0, 0.1) is 0 Å². The first kappa shape index (κ1) is 27.0. The van der Waals surface area contributed by atoms with E-state index in [2.05, 4.69) is 10.3 Å². The summed E-state index contributed by atoms with van der Waals surface area (Å²) in [7, 11) is 1.36. The number of aromatic nitrogens is 1. The Bertz CT molecular complexity index is 1040. The number of aromatic hydroxyl groups is 1. The number of nitrogens with one attached hydrogen (secondary N) is 1. The summed E-state index contributed by atoms with van der Waals surface area (Å²) < 4.78 is 10.4. The van der Waals surface area contributed by atoms with E-state index in [4.69, 9.17) is 15.2 Å². The molecule has 1 fully saturated rings. The Balaban J connectivity index is 1.57. The van der Waals surface area contributed by atoms with Crippen LogP contribution in [0.4, 0.5) is 10.6 Å². The summed E-state index contributed by atoms with van der Waals surface area (Å²) in [5.41, 5.74) is 7.79. The highest BCUT2D eigenvalue weighted by atomic mass is 16.5. The first-order valence-corrected chi connectivity index (χ1v) is 12.0. The highest BCUT2D eigenvalue weighted by Gasteiger charge is 2.24. The maximum atomic E-state index is 12.8. The summed E-state index contributed by atoms with van der Waals surface area (Å²) in [6.45, 7) is 4.69. The lowest BCUT2D eigenvalue weighted by Gasteiger charge is -2.34. The number of benzene rings is 1. The van der Waals surface area contributed by atoms with Crippen molar-refractivity contribution in [1.82, 2.24) is 15.2 Å². The molecule has 2 amide bonds. The van der Waals surface area contributed by atoms with E-state index < -0.39 is 6.10 Å². The van der Waals surface area contributed by atoms with E-state index >= 15 is 0 Å². The number of hydrogen-bond acceptors (Lipinski definition) is 9. The Morgan fingerprint density at radius 2 is 1.92 bits per heavy atom. The molecule has 5 N–H and O–H groups in total. The molecule has 0 saturated carbocycles. The van der Waals surface area contributed by atoms with Crippen LogP contribution in [0.3, 0.4) is 0 Å². The van der Waals surface area contributed by atoms with E-state index in [1.165, 1.54) is 7.11 Å². The lowest BCUT2D eigenvalue weighted by molar-refractivity contribution is 0.0906. The Labute approximate surface area is 210 Å². The Morgan fingerprint density at radius 1 is 1.17 bits per heavy atom. The molecular weight excluding hydrogens is 466 g/mol. The molecule has 11 nitrogen and oxygen atoms in total. The minimum atomic E-state index is -0.762. The van der Waals surface area contributed by atoms with Crippen molar-refractivity contribution in [2.45, 2.75) is 32.4 Å². The number of ether oxygens (including phenoxy) is 2. The van der Waals surface area contributed by atoms with Crippen LogP contribution in [-0.4, -0.2) is 84.6 Å². The van der Waals surface area contributed by atoms with Crippen molar-refractivity contribution in [3.8, 4) is 11.6 Å². The van der Waals surface area contributed by atoms with E-state index in [9.17, 15) is 19.8 Å². The second kappa shape index (κ2) is 12.9. The molecule has 1 aliphatic rings. The van der Waals surface area contributed by atoms with E-state index in [0.29, 0.717) is 58.0 Å². The minimum Gasteiger partial charge on any atom is -0.508 e. The molecular formula is C25H35N5O6. The average molecular weight is 502 g/mol. The van der Waals surface area contributed by atoms with Crippen LogP contribution in [-0.2, 0) is 17.7 Å². The highest BCUT2D eigenvalue weighted by molar-refractivity contribution is 5.96. The Kier molecular flexibility index (Phi) is 9.71. The third-order valence-electron chi connectivity index (χ3n) is 6.06. The number of nitrogens with zero attached hydrogens (tertiary/aromatic N) is 3. The number of pyridine rings is 1. The number of anilines is 1. The van der Waals surface area contributed by atoms with Gasteiger partial charge in [0.2, 0.25) is 5.88 Å². The number of nitrogens with two attached hydrogens (primary N) is 1. The zero-order valence-corrected chi connectivity index (χ0v) is 20.8. The second-order valence-electron chi connectivity index (χ2n) is 8.46. The number of amides is 2. The fourth-order valence-corrected chi connectivity index (χ4v) is 4.05. The van der Waals surface area contributed by atoms with Crippen LogP contribution in [0.15, 0.2) is 30.3 Å². The molecule has 1 aromatic carbocycles. The van der Waals surface area contributed by atoms with Gasteiger partial charge in [0.05, 0.1) is 19.8 Å². The number of aliphatic hydroxyl groups excluding tert-OH is 1. The molecule has 36 heavy (non-hydrogen) atoms. The molecule has 1 atom stereocenters. The van der Waals surface area contributed by atoms with Gasteiger partial charge in [-0.2, -0.15) is 4.98 Å². The number of hydrogen-bond donors (Lipinski definition) is 4. The van der Waals surface area contributed by atoms with E-state index in [0.717, 1.165) is 11.1 Å². The van der Waals surface area contributed by atoms with Gasteiger partial charge in [0.1, 0.15) is 17.1 Å². The molecule has 1 saturated heterocycles. The zero-order chi connectivity index (χ0) is 26.1. The standard InChI is InChI=1S/C25H35N5O6/c1-3-36-24-21(8-9-22(28-24)29-10-12-30(13-11-29)25(34)35-2)23(33)27-16-20(32)7-5-17-4-6-19(31)14-18(17)15-26/h4,6,8-9,14,20,31-32H,3,5,7,10-13,15-16,26H2,1-2H3,(H,27,33)/t20-/m0/s1. The van der Waals surface area contributed by atoms with Gasteiger partial charge in [0, 0.05) is 39.3 Å². The quantitative estimate of drug-likeness (QED) is 0.377. The van der Waals surface area contributed by atoms with Gasteiger partial charge in [-0.05, 0) is 55.2 Å². The average Bonchev–Trinajstić information content (AvgIpc) is 2.90. The van der Waals surface area contributed by atoms with Crippen molar-refractivity contribution >= 4 is 17.8 Å². The number of phenols is 1. The number of phenolic OH excluding ortho intramolecular Hbond substituents is 1. The summed E-state index contributed by atoms with van der Waals surface area (Å²) in [6.07, 6.45) is -0.129. The van der Waals surface area contributed by atoms with Gasteiger partial charge >= 0.3 is 6.09 Å². The first-order chi connectivity index (χ1) is 17.4. The predicted molar refractivity (Wildman–Crippen MR) is 134 cm³/mol. The molecule has 2 aromatic rings. The number of aryl methyl sites for hydroxylation is 1. The van der Waals surface area contributed by atoms with Crippen LogP contribution in [0.2, 0.25) is 0 Å². The number of carbonyl (C=O) groups excluding carboxylic acids is 2. The van der Waals surface area contributed by atoms with Gasteiger partial charge in [-0.1, -0.05) is 6.07 Å². The number of aliphatic hydroxyl groups is 1. The van der Waals surface area contributed by atoms with Gasteiger partial charge in [-0.3, -0.25) is 4.79 Å². The largest absolute Gasteiger partial charge is 0.508 e. The van der Waals surface area contributed by atoms with Crippen LogP contribution in [0.1, 0.15) is 34.8 Å². The zero-order valence-electron chi connectivity index (χ0n) is 20.8. The van der Waals surface area contributed by atoms with Gasteiger partial charge in [-0.15, -0.1) is 0 Å². The fraction of sp³-hybridized carbons (Fsp3) is 0.480. The second-order valence-corrected chi connectivity index (χ2v) is 8.46. The molecule has 1 aromatic heterocycles. The predicted octanol–water partition coefficient (Wildman–Crippen LogP) is 1.26. The van der Waals surface area contributed by atoms with Gasteiger partial charge in [0.15, 0.2) is 0 Å². The van der Waals surface area contributed by atoms with Crippen molar-refractivity contribution in [1.29, 1.82) is 0 Å². The maximum Gasteiger partial charge on any atom is 0.409 e. The minimum absolute atomic E-state index is 0.0671. The summed E-state index contributed by atoms with van der Waals surface area (Å²) in [6, 6.07) is 8.41. The summed E-state index contributed by atoms with van der Waals surface area (Å²) in [4.78, 5) is 32.7. The topological polar surface area (TPSA) is 150 Å². The first-order valence-electron chi connectivity index (χ1n) is 12.0. The molecule has 0 aliphatic carbocycles. The fourth-order valence-electron chi connectivity index (χ4n) is 4.05. The molecule has 0 bridgehead atoms. The Morgan fingerprint density at radius 3 is 2.58 bits per heavy atom. The van der Waals surface area contributed by atoms with E-state index in [-0.39, 0.29) is 35.7 Å². The van der Waals surface area contributed by atoms with Gasteiger partial charge in [0.25, 0.3) is 5.91 Å². The Hall–Kier alpha value is -3.57. The van der Waals surface area contributed by atoms with E-state index in [1.807, 2.05) is 11.8 Å². The lowest BCUT2D eigenvalue weighted by Crippen LogP contribution is -2.49.